The van der Waals surface area contributed by atoms with Gasteiger partial charge in [-0.2, -0.15) is 0 Å². The van der Waals surface area contributed by atoms with Crippen LogP contribution in [0.1, 0.15) is 12.8 Å². The molecule has 1 rings (SSSR count). The number of amides is 2. The summed E-state index contributed by atoms with van der Waals surface area (Å²) in [7, 11) is 0. The Hall–Kier alpha value is -2.08. The first-order valence-corrected chi connectivity index (χ1v) is 5.89. The van der Waals surface area contributed by atoms with Crippen molar-refractivity contribution in [2.24, 2.45) is 0 Å². The summed E-state index contributed by atoms with van der Waals surface area (Å²) in [5.74, 6) is -1.39. The predicted molar refractivity (Wildman–Crippen MR) is 70.4 cm³/mol. The maximum absolute atomic E-state index is 11.4. The Bertz CT molecular complexity index is 490. The molecule has 0 aromatic heterocycles. The molecule has 0 radical (unpaired) electrons. The lowest BCUT2D eigenvalue weighted by Gasteiger charge is -2.07. The summed E-state index contributed by atoms with van der Waals surface area (Å²) in [6, 6.07) is 6.01. The van der Waals surface area contributed by atoms with E-state index in [-0.39, 0.29) is 25.2 Å². The van der Waals surface area contributed by atoms with E-state index in [0.29, 0.717) is 10.7 Å². The summed E-state index contributed by atoms with van der Waals surface area (Å²) in [4.78, 5) is 32.9. The van der Waals surface area contributed by atoms with Crippen molar-refractivity contribution in [2.75, 3.05) is 11.9 Å². The maximum Gasteiger partial charge on any atom is 0.319 e. The number of urea groups is 1. The number of halogens is 1. The predicted octanol–water partition coefficient (Wildman–Crippen LogP) is 1.90. The van der Waals surface area contributed by atoms with Crippen LogP contribution in [-0.2, 0) is 9.59 Å². The van der Waals surface area contributed by atoms with Crippen LogP contribution in [0.2, 0.25) is 5.02 Å². The van der Waals surface area contributed by atoms with Crippen LogP contribution in [0.5, 0.6) is 0 Å². The number of hydrogen-bond donors (Lipinski definition) is 3. The van der Waals surface area contributed by atoms with Gasteiger partial charge in [0, 0.05) is 17.1 Å². The van der Waals surface area contributed by atoms with Crippen LogP contribution in [-0.4, -0.2) is 29.4 Å². The topological polar surface area (TPSA) is 95.5 Å². The van der Waals surface area contributed by atoms with E-state index in [1.165, 1.54) is 0 Å². The van der Waals surface area contributed by atoms with Crippen LogP contribution < -0.4 is 10.6 Å². The van der Waals surface area contributed by atoms with E-state index >= 15 is 0 Å². The number of carboxylic acid groups (broad SMARTS) is 1. The average Bonchev–Trinajstić information content (AvgIpc) is 2.34. The Morgan fingerprint density at radius 1 is 1.21 bits per heavy atom. The number of ketones is 1. The molecule has 0 saturated carbocycles. The maximum atomic E-state index is 11.4. The first-order valence-electron chi connectivity index (χ1n) is 5.51. The third-order valence-electron chi connectivity index (χ3n) is 2.15. The minimum absolute atomic E-state index is 0.104. The molecule has 0 fully saturated rings. The van der Waals surface area contributed by atoms with Crippen molar-refractivity contribution in [3.05, 3.63) is 29.3 Å². The van der Waals surface area contributed by atoms with Gasteiger partial charge in [-0.15, -0.1) is 0 Å². The molecule has 1 aromatic carbocycles. The lowest BCUT2D eigenvalue weighted by atomic mass is 10.2. The highest BCUT2D eigenvalue weighted by Crippen LogP contribution is 2.14. The summed E-state index contributed by atoms with van der Waals surface area (Å²) in [5, 5.41) is 13.7. The Balaban J connectivity index is 2.32. The van der Waals surface area contributed by atoms with E-state index in [2.05, 4.69) is 10.6 Å². The van der Waals surface area contributed by atoms with E-state index in [4.69, 9.17) is 16.7 Å². The molecule has 0 aliphatic carbocycles. The highest BCUT2D eigenvalue weighted by atomic mass is 35.5. The van der Waals surface area contributed by atoms with Gasteiger partial charge in [-0.1, -0.05) is 17.7 Å². The molecule has 0 aliphatic heterocycles. The van der Waals surface area contributed by atoms with E-state index in [9.17, 15) is 14.4 Å². The Labute approximate surface area is 114 Å². The van der Waals surface area contributed by atoms with E-state index < -0.39 is 12.0 Å². The summed E-state index contributed by atoms with van der Waals surface area (Å²) < 4.78 is 0. The van der Waals surface area contributed by atoms with E-state index in [1.54, 1.807) is 24.3 Å². The van der Waals surface area contributed by atoms with Crippen LogP contribution in [0.4, 0.5) is 10.5 Å². The monoisotopic (exact) mass is 284 g/mol. The molecule has 6 nitrogen and oxygen atoms in total. The Kier molecular flexibility index (Phi) is 5.81. The third kappa shape index (κ3) is 6.42. The second-order valence-electron chi connectivity index (χ2n) is 3.75. The second-order valence-corrected chi connectivity index (χ2v) is 4.19. The molecule has 0 heterocycles. The van der Waals surface area contributed by atoms with Gasteiger partial charge in [0.2, 0.25) is 0 Å². The fraction of sp³-hybridized carbons (Fsp3) is 0.250. The molecule has 0 atom stereocenters. The first kappa shape index (κ1) is 15.0. The zero-order valence-electron chi connectivity index (χ0n) is 9.98. The van der Waals surface area contributed by atoms with Gasteiger partial charge < -0.3 is 15.7 Å². The molecule has 102 valence electrons. The highest BCUT2D eigenvalue weighted by Gasteiger charge is 2.08. The van der Waals surface area contributed by atoms with Gasteiger partial charge in [0.05, 0.1) is 13.0 Å². The molecule has 3 N–H and O–H groups in total. The molecule has 0 saturated heterocycles. The normalized spacial score (nSPS) is 9.74. The fourth-order valence-corrected chi connectivity index (χ4v) is 1.45. The van der Waals surface area contributed by atoms with Crippen molar-refractivity contribution < 1.29 is 19.5 Å². The van der Waals surface area contributed by atoms with Crippen molar-refractivity contribution in [3.8, 4) is 0 Å². The summed E-state index contributed by atoms with van der Waals surface area (Å²) >= 11 is 5.75. The second kappa shape index (κ2) is 7.38. The zero-order chi connectivity index (χ0) is 14.3. The van der Waals surface area contributed by atoms with Gasteiger partial charge in [0.15, 0.2) is 5.78 Å². The molecular formula is C12H13ClN2O4. The fourth-order valence-electron chi connectivity index (χ4n) is 1.26. The van der Waals surface area contributed by atoms with Crippen molar-refractivity contribution in [1.82, 2.24) is 5.32 Å². The SMILES string of the molecule is O=C(O)CCC(=O)CNC(=O)Nc1cccc(Cl)c1. The Morgan fingerprint density at radius 2 is 1.95 bits per heavy atom. The van der Waals surface area contributed by atoms with Gasteiger partial charge in [-0.3, -0.25) is 9.59 Å². The molecule has 0 aliphatic rings. The van der Waals surface area contributed by atoms with Gasteiger partial charge in [-0.25, -0.2) is 4.79 Å². The minimum Gasteiger partial charge on any atom is -0.481 e. The van der Waals surface area contributed by atoms with Crippen LogP contribution in [0, 0.1) is 0 Å². The van der Waals surface area contributed by atoms with E-state index in [0.717, 1.165) is 0 Å². The molecule has 0 bridgehead atoms. The molecule has 0 unspecified atom stereocenters. The van der Waals surface area contributed by atoms with Gasteiger partial charge in [-0.05, 0) is 18.2 Å². The molecule has 0 spiro atoms. The number of Topliss-reactive ketones (excluding diaryl/α,β-unsaturated/α-hetero) is 1. The summed E-state index contributed by atoms with van der Waals surface area (Å²) in [6.45, 7) is -0.209. The number of carbonyl (C=O) groups is 3. The molecule has 1 aromatic rings. The van der Waals surface area contributed by atoms with Crippen LogP contribution >= 0.6 is 11.6 Å². The lowest BCUT2D eigenvalue weighted by Crippen LogP contribution is -2.33. The van der Waals surface area contributed by atoms with Crippen LogP contribution in [0.15, 0.2) is 24.3 Å². The summed E-state index contributed by atoms with van der Waals surface area (Å²) in [5.41, 5.74) is 0.503. The van der Waals surface area contributed by atoms with Crippen molar-refractivity contribution in [1.29, 1.82) is 0 Å². The van der Waals surface area contributed by atoms with Crippen molar-refractivity contribution in [3.63, 3.8) is 0 Å². The number of anilines is 1. The molecule has 7 heteroatoms. The number of benzene rings is 1. The van der Waals surface area contributed by atoms with Gasteiger partial charge in [0.1, 0.15) is 0 Å². The largest absolute Gasteiger partial charge is 0.481 e. The van der Waals surface area contributed by atoms with Crippen LogP contribution in [0.3, 0.4) is 0 Å². The number of carboxylic acids is 1. The van der Waals surface area contributed by atoms with Crippen LogP contribution in [0.25, 0.3) is 0 Å². The number of hydrogen-bond acceptors (Lipinski definition) is 3. The standard InChI is InChI=1S/C12H13ClN2O4/c13-8-2-1-3-9(6-8)15-12(19)14-7-10(16)4-5-11(17)18/h1-3,6H,4-5,7H2,(H,17,18)(H2,14,15,19). The smallest absolute Gasteiger partial charge is 0.319 e. The summed E-state index contributed by atoms with van der Waals surface area (Å²) in [6.07, 6.45) is -0.344. The number of carbonyl (C=O) groups excluding carboxylic acids is 2. The highest BCUT2D eigenvalue weighted by molar-refractivity contribution is 6.30. The Morgan fingerprint density at radius 3 is 2.58 bits per heavy atom. The number of aliphatic carboxylic acids is 1. The minimum atomic E-state index is -1.04. The molecule has 19 heavy (non-hydrogen) atoms. The number of nitrogens with one attached hydrogen (secondary N) is 2. The quantitative estimate of drug-likeness (QED) is 0.743. The first-order chi connectivity index (χ1) is 8.97. The lowest BCUT2D eigenvalue weighted by molar-refractivity contribution is -0.138. The van der Waals surface area contributed by atoms with Crippen molar-refractivity contribution in [2.45, 2.75) is 12.8 Å². The zero-order valence-corrected chi connectivity index (χ0v) is 10.7. The van der Waals surface area contributed by atoms with Gasteiger partial charge in [0.25, 0.3) is 0 Å². The number of rotatable bonds is 6. The van der Waals surface area contributed by atoms with Crippen molar-refractivity contribution >= 4 is 35.1 Å². The van der Waals surface area contributed by atoms with E-state index in [1.807, 2.05) is 0 Å². The molecular weight excluding hydrogens is 272 g/mol. The van der Waals surface area contributed by atoms with Gasteiger partial charge >= 0.3 is 12.0 Å². The third-order valence-corrected chi connectivity index (χ3v) is 2.38. The average molecular weight is 285 g/mol. The molecule has 2 amide bonds.